The summed E-state index contributed by atoms with van der Waals surface area (Å²) in [5.74, 6) is 1.39. The Bertz CT molecular complexity index is 813. The van der Waals surface area contributed by atoms with Gasteiger partial charge in [-0.3, -0.25) is 4.79 Å². The molecule has 0 bridgehead atoms. The number of hydrogen-bond donors (Lipinski definition) is 1. The summed E-state index contributed by atoms with van der Waals surface area (Å²) in [4.78, 5) is 12.2. The van der Waals surface area contributed by atoms with E-state index in [1.54, 1.807) is 26.0 Å². The predicted molar refractivity (Wildman–Crippen MR) is 89.6 cm³/mol. The predicted octanol–water partition coefficient (Wildman–Crippen LogP) is 3.45. The highest BCUT2D eigenvalue weighted by molar-refractivity contribution is 5.94. The van der Waals surface area contributed by atoms with Crippen molar-refractivity contribution in [1.29, 1.82) is 0 Å². The van der Waals surface area contributed by atoms with Crippen LogP contribution in [0.3, 0.4) is 0 Å². The number of para-hydroxylation sites is 1. The van der Waals surface area contributed by atoms with Gasteiger partial charge in [0.2, 0.25) is 11.8 Å². The van der Waals surface area contributed by atoms with Gasteiger partial charge in [-0.25, -0.2) is 0 Å². The first-order valence-electron chi connectivity index (χ1n) is 7.55. The lowest BCUT2D eigenvalue weighted by Crippen LogP contribution is -2.30. The van der Waals surface area contributed by atoms with Crippen LogP contribution in [-0.4, -0.2) is 22.2 Å². The fraction of sp³-hybridized carbons (Fsp3) is 0.167. The highest BCUT2D eigenvalue weighted by Gasteiger charge is 2.15. The number of nitrogens with one attached hydrogen (secondary N) is 1. The number of aromatic nitrogens is 2. The third-order valence-corrected chi connectivity index (χ3v) is 3.35. The Balaban J connectivity index is 1.62. The molecule has 0 saturated carbocycles. The lowest BCUT2D eigenvalue weighted by atomic mass is 10.2. The zero-order valence-electron chi connectivity index (χ0n) is 13.4. The lowest BCUT2D eigenvalue weighted by Gasteiger charge is -2.14. The minimum absolute atomic E-state index is 0.222. The molecule has 1 amide bonds. The molecule has 3 aromatic rings. The average molecular weight is 323 g/mol. The first kappa shape index (κ1) is 15.7. The maximum atomic E-state index is 12.2. The van der Waals surface area contributed by atoms with Crippen molar-refractivity contribution < 1.29 is 13.9 Å². The molecule has 1 heterocycles. The molecule has 0 spiro atoms. The van der Waals surface area contributed by atoms with Gasteiger partial charge in [-0.2, -0.15) is 0 Å². The van der Waals surface area contributed by atoms with Gasteiger partial charge in [0.05, 0.1) is 0 Å². The fourth-order valence-electron chi connectivity index (χ4n) is 2.11. The molecule has 122 valence electrons. The number of ether oxygens (including phenoxy) is 1. The molecule has 24 heavy (non-hydrogen) atoms. The normalized spacial score (nSPS) is 11.8. The molecular formula is C18H17N3O3. The van der Waals surface area contributed by atoms with Crippen molar-refractivity contribution in [3.8, 4) is 17.2 Å². The summed E-state index contributed by atoms with van der Waals surface area (Å²) in [6, 6.07) is 16.4. The van der Waals surface area contributed by atoms with Crippen molar-refractivity contribution in [2.75, 3.05) is 5.32 Å². The topological polar surface area (TPSA) is 77.2 Å². The van der Waals surface area contributed by atoms with E-state index >= 15 is 0 Å². The Kier molecular flexibility index (Phi) is 4.56. The van der Waals surface area contributed by atoms with Gasteiger partial charge in [-0.15, -0.1) is 10.2 Å². The van der Waals surface area contributed by atoms with Gasteiger partial charge in [0.15, 0.2) is 6.10 Å². The molecular weight excluding hydrogens is 306 g/mol. The number of hydrogen-bond acceptors (Lipinski definition) is 5. The molecule has 1 unspecified atom stereocenters. The standard InChI is InChI=1S/C18H17N3O3/c1-12(23-16-6-4-3-5-7-16)17(22)19-15-10-8-14(9-11-15)18-21-20-13(2)24-18/h3-12H,1-2H3,(H,19,22). The molecule has 0 fully saturated rings. The number of anilines is 1. The van der Waals surface area contributed by atoms with Crippen molar-refractivity contribution in [3.05, 3.63) is 60.5 Å². The molecule has 1 N–H and O–H groups in total. The van der Waals surface area contributed by atoms with Gasteiger partial charge in [0.25, 0.3) is 5.91 Å². The quantitative estimate of drug-likeness (QED) is 0.778. The smallest absolute Gasteiger partial charge is 0.265 e. The van der Waals surface area contributed by atoms with Gasteiger partial charge < -0.3 is 14.5 Å². The van der Waals surface area contributed by atoms with Crippen molar-refractivity contribution in [2.24, 2.45) is 0 Å². The van der Waals surface area contributed by atoms with Gasteiger partial charge in [0, 0.05) is 18.2 Å². The Hall–Kier alpha value is -3.15. The van der Waals surface area contributed by atoms with Crippen LogP contribution in [0.25, 0.3) is 11.5 Å². The van der Waals surface area contributed by atoms with E-state index < -0.39 is 6.10 Å². The molecule has 3 rings (SSSR count). The number of aryl methyl sites for hydroxylation is 1. The van der Waals surface area contributed by atoms with E-state index in [0.29, 0.717) is 23.2 Å². The largest absolute Gasteiger partial charge is 0.481 e. The van der Waals surface area contributed by atoms with Gasteiger partial charge >= 0.3 is 0 Å². The SMILES string of the molecule is Cc1nnc(-c2ccc(NC(=O)C(C)Oc3ccccc3)cc2)o1. The van der Waals surface area contributed by atoms with Crippen LogP contribution < -0.4 is 10.1 Å². The average Bonchev–Trinajstić information content (AvgIpc) is 3.03. The second-order valence-electron chi connectivity index (χ2n) is 5.27. The number of rotatable bonds is 5. The van der Waals surface area contributed by atoms with Gasteiger partial charge in [0.1, 0.15) is 5.75 Å². The molecule has 6 heteroatoms. The van der Waals surface area contributed by atoms with Crippen LogP contribution in [0, 0.1) is 6.92 Å². The zero-order valence-corrected chi connectivity index (χ0v) is 13.4. The molecule has 1 atom stereocenters. The van der Waals surface area contributed by atoms with E-state index in [0.717, 1.165) is 5.56 Å². The van der Waals surface area contributed by atoms with E-state index in [2.05, 4.69) is 15.5 Å². The summed E-state index contributed by atoms with van der Waals surface area (Å²) in [6.45, 7) is 3.44. The van der Waals surface area contributed by atoms with Crippen LogP contribution in [0.1, 0.15) is 12.8 Å². The van der Waals surface area contributed by atoms with E-state index in [4.69, 9.17) is 9.15 Å². The highest BCUT2D eigenvalue weighted by Crippen LogP contribution is 2.20. The van der Waals surface area contributed by atoms with E-state index in [1.165, 1.54) is 0 Å². The summed E-state index contributed by atoms with van der Waals surface area (Å²) in [5.41, 5.74) is 1.46. The van der Waals surface area contributed by atoms with Gasteiger partial charge in [-0.05, 0) is 43.3 Å². The molecule has 6 nitrogen and oxygen atoms in total. The van der Waals surface area contributed by atoms with Crippen molar-refractivity contribution in [2.45, 2.75) is 20.0 Å². The number of benzene rings is 2. The van der Waals surface area contributed by atoms with Crippen LogP contribution >= 0.6 is 0 Å². The first-order valence-corrected chi connectivity index (χ1v) is 7.55. The van der Waals surface area contributed by atoms with E-state index in [1.807, 2.05) is 42.5 Å². The molecule has 0 saturated heterocycles. The highest BCUT2D eigenvalue weighted by atomic mass is 16.5. The monoisotopic (exact) mass is 323 g/mol. The Morgan fingerprint density at radius 3 is 2.42 bits per heavy atom. The summed E-state index contributed by atoms with van der Waals surface area (Å²) < 4.78 is 11.0. The minimum Gasteiger partial charge on any atom is -0.481 e. The summed E-state index contributed by atoms with van der Waals surface area (Å²) >= 11 is 0. The third kappa shape index (κ3) is 3.78. The minimum atomic E-state index is -0.606. The van der Waals surface area contributed by atoms with Crippen molar-refractivity contribution in [3.63, 3.8) is 0 Å². The van der Waals surface area contributed by atoms with Crippen LogP contribution in [0.5, 0.6) is 5.75 Å². The molecule has 0 aliphatic rings. The number of carbonyl (C=O) groups excluding carboxylic acids is 1. The summed E-state index contributed by atoms with van der Waals surface area (Å²) in [6.07, 6.45) is -0.606. The maximum absolute atomic E-state index is 12.2. The lowest BCUT2D eigenvalue weighted by molar-refractivity contribution is -0.122. The second kappa shape index (κ2) is 6.95. The van der Waals surface area contributed by atoms with Crippen LogP contribution in [0.15, 0.2) is 59.0 Å². The number of amides is 1. The summed E-state index contributed by atoms with van der Waals surface area (Å²) in [7, 11) is 0. The molecule has 0 aliphatic heterocycles. The van der Waals surface area contributed by atoms with Crippen LogP contribution in [0.2, 0.25) is 0 Å². The summed E-state index contributed by atoms with van der Waals surface area (Å²) in [5, 5.41) is 10.6. The number of carbonyl (C=O) groups is 1. The molecule has 0 aliphatic carbocycles. The van der Waals surface area contributed by atoms with Crippen LogP contribution in [-0.2, 0) is 4.79 Å². The van der Waals surface area contributed by atoms with Crippen molar-refractivity contribution >= 4 is 11.6 Å². The Labute approximate surface area is 139 Å². The second-order valence-corrected chi connectivity index (χ2v) is 5.27. The maximum Gasteiger partial charge on any atom is 0.265 e. The zero-order chi connectivity index (χ0) is 16.9. The third-order valence-electron chi connectivity index (χ3n) is 3.35. The Morgan fingerprint density at radius 1 is 1.08 bits per heavy atom. The molecule has 0 radical (unpaired) electrons. The van der Waals surface area contributed by atoms with Crippen LogP contribution in [0.4, 0.5) is 5.69 Å². The van der Waals surface area contributed by atoms with E-state index in [9.17, 15) is 4.79 Å². The van der Waals surface area contributed by atoms with Gasteiger partial charge in [-0.1, -0.05) is 18.2 Å². The van der Waals surface area contributed by atoms with E-state index in [-0.39, 0.29) is 5.91 Å². The van der Waals surface area contributed by atoms with Crippen molar-refractivity contribution in [1.82, 2.24) is 10.2 Å². The fourth-order valence-corrected chi connectivity index (χ4v) is 2.11. The molecule has 2 aromatic carbocycles. The number of nitrogens with zero attached hydrogens (tertiary/aromatic N) is 2. The Morgan fingerprint density at radius 2 is 1.79 bits per heavy atom. The molecule has 1 aromatic heterocycles. The first-order chi connectivity index (χ1) is 11.6.